The zero-order valence-corrected chi connectivity index (χ0v) is 12.7. The molecule has 20 heavy (non-hydrogen) atoms. The van der Waals surface area contributed by atoms with E-state index in [1.165, 1.54) is 0 Å². The lowest BCUT2D eigenvalue weighted by atomic mass is 9.96. The molecule has 0 atom stereocenters. The minimum atomic E-state index is -0.0296. The zero-order valence-electron chi connectivity index (χ0n) is 12.7. The Balaban J connectivity index is 1.96. The average Bonchev–Trinajstić information content (AvgIpc) is 2.79. The number of amides is 1. The highest BCUT2D eigenvalue weighted by Gasteiger charge is 2.26. The molecule has 0 aliphatic carbocycles. The van der Waals surface area contributed by atoms with E-state index in [2.05, 4.69) is 24.1 Å². The Morgan fingerprint density at radius 2 is 2.10 bits per heavy atom. The number of hydrogen-bond donors (Lipinski definition) is 1. The monoisotopic (exact) mass is 279 g/mol. The smallest absolute Gasteiger partial charge is 0.276 e. The first-order chi connectivity index (χ1) is 9.51. The van der Waals surface area contributed by atoms with Gasteiger partial charge in [-0.3, -0.25) is 9.48 Å². The van der Waals surface area contributed by atoms with E-state index < -0.39 is 0 Å². The normalized spacial score (nSPS) is 16.9. The molecule has 0 saturated carbocycles. The fourth-order valence-electron chi connectivity index (χ4n) is 2.75. The molecule has 0 spiro atoms. The third kappa shape index (κ3) is 3.30. The summed E-state index contributed by atoms with van der Waals surface area (Å²) in [6, 6.07) is 0. The highest BCUT2D eigenvalue weighted by molar-refractivity contribution is 5.97. The fraction of sp³-hybridized carbons (Fsp3) is 0.714. The predicted octanol–water partition coefficient (Wildman–Crippen LogP) is 0.899. The van der Waals surface area contributed by atoms with E-state index in [4.69, 9.17) is 5.73 Å². The van der Waals surface area contributed by atoms with Gasteiger partial charge in [-0.1, -0.05) is 0 Å². The molecule has 2 rings (SSSR count). The molecule has 1 saturated heterocycles. The molecule has 2 heterocycles. The number of anilines is 1. The third-order valence-electron chi connectivity index (χ3n) is 3.84. The van der Waals surface area contributed by atoms with E-state index in [-0.39, 0.29) is 5.91 Å². The van der Waals surface area contributed by atoms with E-state index in [1.807, 2.05) is 11.8 Å². The molecular formula is C14H25N5O. The molecule has 0 bridgehead atoms. The first kappa shape index (κ1) is 14.8. The molecule has 0 radical (unpaired) electrons. The maximum absolute atomic E-state index is 12.4. The van der Waals surface area contributed by atoms with Crippen molar-refractivity contribution < 1.29 is 4.79 Å². The zero-order chi connectivity index (χ0) is 14.7. The summed E-state index contributed by atoms with van der Waals surface area (Å²) in [5.74, 6) is 0.651. The van der Waals surface area contributed by atoms with Crippen molar-refractivity contribution >= 4 is 11.6 Å². The van der Waals surface area contributed by atoms with E-state index in [1.54, 1.807) is 10.9 Å². The van der Waals surface area contributed by atoms with Crippen molar-refractivity contribution in [2.75, 3.05) is 39.5 Å². The molecule has 0 aromatic carbocycles. The topological polar surface area (TPSA) is 67.4 Å². The van der Waals surface area contributed by atoms with Gasteiger partial charge in [-0.05, 0) is 39.8 Å². The molecule has 2 N–H and O–H groups in total. The molecule has 1 fully saturated rings. The van der Waals surface area contributed by atoms with Crippen LogP contribution in [0.5, 0.6) is 0 Å². The fourth-order valence-corrected chi connectivity index (χ4v) is 2.75. The van der Waals surface area contributed by atoms with E-state index in [0.29, 0.717) is 17.3 Å². The quantitative estimate of drug-likeness (QED) is 0.889. The van der Waals surface area contributed by atoms with Crippen LogP contribution >= 0.6 is 0 Å². The number of hydrogen-bond acceptors (Lipinski definition) is 4. The van der Waals surface area contributed by atoms with Crippen molar-refractivity contribution in [1.82, 2.24) is 19.6 Å². The van der Waals surface area contributed by atoms with Crippen LogP contribution in [0.1, 0.15) is 30.3 Å². The lowest BCUT2D eigenvalue weighted by molar-refractivity contribution is 0.0672. The summed E-state index contributed by atoms with van der Waals surface area (Å²) in [6.45, 7) is 5.40. The maximum atomic E-state index is 12.4. The molecule has 1 aromatic heterocycles. The number of piperidine rings is 1. The Kier molecular flexibility index (Phi) is 4.65. The van der Waals surface area contributed by atoms with Crippen LogP contribution in [-0.4, -0.2) is 59.2 Å². The summed E-state index contributed by atoms with van der Waals surface area (Å²) >= 11 is 0. The van der Waals surface area contributed by atoms with Crippen molar-refractivity contribution in [2.45, 2.75) is 26.3 Å². The summed E-state index contributed by atoms with van der Waals surface area (Å²) < 4.78 is 1.71. The first-order valence-corrected chi connectivity index (χ1v) is 7.28. The minimum absolute atomic E-state index is 0.0296. The number of nitrogens with zero attached hydrogens (tertiary/aromatic N) is 4. The number of aryl methyl sites for hydroxylation is 1. The molecule has 0 unspecified atom stereocenters. The van der Waals surface area contributed by atoms with Gasteiger partial charge in [0.15, 0.2) is 5.69 Å². The Morgan fingerprint density at radius 3 is 2.60 bits per heavy atom. The van der Waals surface area contributed by atoms with Crippen molar-refractivity contribution in [3.63, 3.8) is 0 Å². The SMILES string of the molecule is CCn1cc(N)c(C(=O)N2CCC(CN(C)C)CC2)n1. The largest absolute Gasteiger partial charge is 0.396 e. The lowest BCUT2D eigenvalue weighted by Crippen LogP contribution is -2.41. The Labute approximate surface area is 120 Å². The summed E-state index contributed by atoms with van der Waals surface area (Å²) in [6.07, 6.45) is 3.84. The molecule has 1 aromatic rings. The second-order valence-corrected chi connectivity index (χ2v) is 5.79. The van der Waals surface area contributed by atoms with Gasteiger partial charge in [0.1, 0.15) is 0 Å². The van der Waals surface area contributed by atoms with Gasteiger partial charge in [-0.15, -0.1) is 0 Å². The predicted molar refractivity (Wildman–Crippen MR) is 79.5 cm³/mol. The van der Waals surface area contributed by atoms with Crippen molar-refractivity contribution in [2.24, 2.45) is 5.92 Å². The van der Waals surface area contributed by atoms with Crippen molar-refractivity contribution in [3.8, 4) is 0 Å². The number of likely N-dealkylation sites (tertiary alicyclic amines) is 1. The number of rotatable bonds is 4. The van der Waals surface area contributed by atoms with Gasteiger partial charge in [-0.25, -0.2) is 0 Å². The summed E-state index contributed by atoms with van der Waals surface area (Å²) in [7, 11) is 4.19. The van der Waals surface area contributed by atoms with Gasteiger partial charge in [0, 0.05) is 32.4 Å². The van der Waals surface area contributed by atoms with Crippen LogP contribution < -0.4 is 5.73 Å². The van der Waals surface area contributed by atoms with Gasteiger partial charge in [0.25, 0.3) is 5.91 Å². The van der Waals surface area contributed by atoms with Crippen LogP contribution in [0.25, 0.3) is 0 Å². The van der Waals surface area contributed by atoms with Gasteiger partial charge >= 0.3 is 0 Å². The number of nitrogens with two attached hydrogens (primary N) is 1. The first-order valence-electron chi connectivity index (χ1n) is 7.28. The Morgan fingerprint density at radius 1 is 1.45 bits per heavy atom. The van der Waals surface area contributed by atoms with Gasteiger partial charge in [0.2, 0.25) is 0 Å². The highest BCUT2D eigenvalue weighted by atomic mass is 16.2. The van der Waals surface area contributed by atoms with Gasteiger partial charge in [0.05, 0.1) is 5.69 Å². The molecular weight excluding hydrogens is 254 g/mol. The lowest BCUT2D eigenvalue weighted by Gasteiger charge is -2.32. The molecule has 6 nitrogen and oxygen atoms in total. The van der Waals surface area contributed by atoms with Crippen molar-refractivity contribution in [1.29, 1.82) is 0 Å². The molecule has 1 aliphatic heterocycles. The summed E-state index contributed by atoms with van der Waals surface area (Å²) in [5, 5.41) is 4.26. The number of nitrogen functional groups attached to an aromatic ring is 1. The number of carbonyl (C=O) groups is 1. The molecule has 1 aliphatic rings. The van der Waals surface area contributed by atoms with Crippen molar-refractivity contribution in [3.05, 3.63) is 11.9 Å². The number of aromatic nitrogens is 2. The van der Waals surface area contributed by atoms with Crippen LogP contribution in [0.15, 0.2) is 6.20 Å². The van der Waals surface area contributed by atoms with Gasteiger partial charge in [-0.2, -0.15) is 5.10 Å². The van der Waals surface area contributed by atoms with Crippen LogP contribution in [0, 0.1) is 5.92 Å². The molecule has 6 heteroatoms. The third-order valence-corrected chi connectivity index (χ3v) is 3.84. The van der Waals surface area contributed by atoms with Gasteiger partial charge < -0.3 is 15.5 Å². The van der Waals surface area contributed by atoms with Crippen LogP contribution in [-0.2, 0) is 6.54 Å². The van der Waals surface area contributed by atoms with E-state index in [0.717, 1.165) is 39.0 Å². The highest BCUT2D eigenvalue weighted by Crippen LogP contribution is 2.20. The summed E-state index contributed by atoms with van der Waals surface area (Å²) in [4.78, 5) is 16.5. The standard InChI is InChI=1S/C14H25N5O/c1-4-19-10-12(15)13(16-19)14(20)18-7-5-11(6-8-18)9-17(2)3/h10-11H,4-9,15H2,1-3H3. The summed E-state index contributed by atoms with van der Waals surface area (Å²) in [5.41, 5.74) is 6.76. The minimum Gasteiger partial charge on any atom is -0.396 e. The Bertz CT molecular complexity index is 460. The average molecular weight is 279 g/mol. The van der Waals surface area contributed by atoms with E-state index >= 15 is 0 Å². The van der Waals surface area contributed by atoms with Crippen LogP contribution in [0.2, 0.25) is 0 Å². The van der Waals surface area contributed by atoms with Crippen LogP contribution in [0.4, 0.5) is 5.69 Å². The van der Waals surface area contributed by atoms with E-state index in [9.17, 15) is 4.79 Å². The molecule has 112 valence electrons. The number of carbonyl (C=O) groups excluding carboxylic acids is 1. The second-order valence-electron chi connectivity index (χ2n) is 5.79. The second kappa shape index (κ2) is 6.26. The van der Waals surface area contributed by atoms with Crippen LogP contribution in [0.3, 0.4) is 0 Å². The maximum Gasteiger partial charge on any atom is 0.276 e. The Hall–Kier alpha value is -1.56. The molecule has 1 amide bonds.